The van der Waals surface area contributed by atoms with E-state index in [0.717, 1.165) is 5.56 Å². The quantitative estimate of drug-likeness (QED) is 0.882. The van der Waals surface area contributed by atoms with Crippen molar-refractivity contribution in [2.75, 3.05) is 12.5 Å². The van der Waals surface area contributed by atoms with Crippen LogP contribution in [0.4, 0.5) is 10.2 Å². The summed E-state index contributed by atoms with van der Waals surface area (Å²) in [5.74, 6) is 1.64. The van der Waals surface area contributed by atoms with Gasteiger partial charge < -0.3 is 15.2 Å². The monoisotopic (exact) mass is 249 g/mol. The first kappa shape index (κ1) is 10.9. The molecule has 0 saturated carbocycles. The number of nitrogens with zero attached hydrogens (tertiary/aromatic N) is 2. The third-order valence-electron chi connectivity index (χ3n) is 2.96. The van der Waals surface area contributed by atoms with Gasteiger partial charge in [-0.25, -0.2) is 4.39 Å². The minimum Gasteiger partial charge on any atom is -0.454 e. The molecular weight excluding hydrogens is 237 g/mol. The van der Waals surface area contributed by atoms with Gasteiger partial charge in [0.15, 0.2) is 11.5 Å². The molecule has 0 atom stereocenters. The normalized spacial score (nSPS) is 13.0. The number of hydrogen-bond donors (Lipinski definition) is 1. The third kappa shape index (κ3) is 1.49. The third-order valence-corrected chi connectivity index (χ3v) is 2.96. The van der Waals surface area contributed by atoms with E-state index in [0.29, 0.717) is 28.4 Å². The number of nitrogen functional groups attached to an aromatic ring is 1. The average Bonchev–Trinajstić information content (AvgIpc) is 2.97. The lowest BCUT2D eigenvalue weighted by Crippen LogP contribution is -1.98. The molecular formula is C12H12FN3O2. The van der Waals surface area contributed by atoms with Gasteiger partial charge in [-0.15, -0.1) is 0 Å². The van der Waals surface area contributed by atoms with Crippen LogP contribution in [-0.4, -0.2) is 16.6 Å². The molecule has 3 rings (SSSR count). The lowest BCUT2D eigenvalue weighted by atomic mass is 10.0. The summed E-state index contributed by atoms with van der Waals surface area (Å²) in [5.41, 5.74) is 7.88. The van der Waals surface area contributed by atoms with E-state index in [2.05, 4.69) is 5.10 Å². The predicted octanol–water partition coefficient (Wildman–Crippen LogP) is 1.87. The molecule has 0 fully saturated rings. The standard InChI is InChI=1S/C12H12FN3O2/c1-16-12(14)9(5-15-16)8-2-7(4-13)3-10-11(8)18-6-17-10/h2-3,5H,4,6,14H2,1H3. The minimum atomic E-state index is -0.566. The van der Waals surface area contributed by atoms with Crippen LogP contribution in [0.1, 0.15) is 5.56 Å². The number of aryl methyl sites for hydroxylation is 1. The Morgan fingerprint density at radius 1 is 1.39 bits per heavy atom. The van der Waals surface area contributed by atoms with Crippen LogP contribution < -0.4 is 15.2 Å². The van der Waals surface area contributed by atoms with E-state index < -0.39 is 6.67 Å². The van der Waals surface area contributed by atoms with Crippen molar-refractivity contribution in [3.8, 4) is 22.6 Å². The highest BCUT2D eigenvalue weighted by molar-refractivity contribution is 5.81. The van der Waals surface area contributed by atoms with Gasteiger partial charge in [0.05, 0.1) is 6.20 Å². The summed E-state index contributed by atoms with van der Waals surface area (Å²) in [6.45, 7) is -0.429. The van der Waals surface area contributed by atoms with E-state index >= 15 is 0 Å². The van der Waals surface area contributed by atoms with Crippen molar-refractivity contribution in [3.63, 3.8) is 0 Å². The second-order valence-electron chi connectivity index (χ2n) is 4.08. The second kappa shape index (κ2) is 3.90. The Hall–Kier alpha value is -2.24. The molecule has 0 amide bonds. The highest BCUT2D eigenvalue weighted by Crippen LogP contribution is 2.44. The molecule has 6 heteroatoms. The van der Waals surface area contributed by atoms with E-state index in [-0.39, 0.29) is 6.79 Å². The zero-order chi connectivity index (χ0) is 12.7. The molecule has 1 aromatic carbocycles. The Labute approximate surface area is 103 Å². The SMILES string of the molecule is Cn1ncc(-c2cc(CF)cc3c2OCO3)c1N. The molecule has 0 bridgehead atoms. The van der Waals surface area contributed by atoms with Gasteiger partial charge in [-0.2, -0.15) is 5.10 Å². The Morgan fingerprint density at radius 2 is 2.22 bits per heavy atom. The van der Waals surface area contributed by atoms with Gasteiger partial charge in [-0.1, -0.05) is 0 Å². The number of halogens is 1. The summed E-state index contributed by atoms with van der Waals surface area (Å²) in [4.78, 5) is 0. The fourth-order valence-corrected chi connectivity index (χ4v) is 2.00. The van der Waals surface area contributed by atoms with Crippen molar-refractivity contribution < 1.29 is 13.9 Å². The molecule has 0 radical (unpaired) electrons. The van der Waals surface area contributed by atoms with E-state index in [1.54, 1.807) is 30.1 Å². The molecule has 18 heavy (non-hydrogen) atoms. The summed E-state index contributed by atoms with van der Waals surface area (Å²) >= 11 is 0. The number of aromatic nitrogens is 2. The van der Waals surface area contributed by atoms with Crippen molar-refractivity contribution in [2.24, 2.45) is 7.05 Å². The molecule has 0 spiro atoms. The molecule has 94 valence electrons. The van der Waals surface area contributed by atoms with Gasteiger partial charge in [-0.3, -0.25) is 4.68 Å². The van der Waals surface area contributed by atoms with Gasteiger partial charge >= 0.3 is 0 Å². The number of fused-ring (bicyclic) bond motifs is 1. The zero-order valence-electron chi connectivity index (χ0n) is 9.81. The first-order chi connectivity index (χ1) is 8.70. The topological polar surface area (TPSA) is 62.3 Å². The maximum atomic E-state index is 12.8. The molecule has 2 aromatic rings. The highest BCUT2D eigenvalue weighted by Gasteiger charge is 2.22. The van der Waals surface area contributed by atoms with Crippen molar-refractivity contribution >= 4 is 5.82 Å². The number of benzene rings is 1. The second-order valence-corrected chi connectivity index (χ2v) is 4.08. The Morgan fingerprint density at radius 3 is 2.89 bits per heavy atom. The average molecular weight is 249 g/mol. The number of alkyl halides is 1. The fraction of sp³-hybridized carbons (Fsp3) is 0.250. The Balaban J connectivity index is 2.22. The van der Waals surface area contributed by atoms with Crippen molar-refractivity contribution in [2.45, 2.75) is 6.67 Å². The van der Waals surface area contributed by atoms with Gasteiger partial charge in [0.25, 0.3) is 0 Å². The minimum absolute atomic E-state index is 0.137. The summed E-state index contributed by atoms with van der Waals surface area (Å²) in [6.07, 6.45) is 1.63. The van der Waals surface area contributed by atoms with Crippen LogP contribution in [-0.2, 0) is 13.7 Å². The summed E-state index contributed by atoms with van der Waals surface area (Å²) in [6, 6.07) is 3.35. The molecule has 1 aliphatic rings. The molecule has 0 aliphatic carbocycles. The fourth-order valence-electron chi connectivity index (χ4n) is 2.00. The summed E-state index contributed by atoms with van der Waals surface area (Å²) in [7, 11) is 1.75. The number of rotatable bonds is 2. The first-order valence-electron chi connectivity index (χ1n) is 5.47. The lowest BCUT2D eigenvalue weighted by Gasteiger charge is -2.07. The molecule has 5 nitrogen and oxygen atoms in total. The molecule has 2 heterocycles. The van der Waals surface area contributed by atoms with Crippen LogP contribution in [0.3, 0.4) is 0 Å². The van der Waals surface area contributed by atoms with E-state index in [4.69, 9.17) is 15.2 Å². The van der Waals surface area contributed by atoms with E-state index in [1.165, 1.54) is 0 Å². The predicted molar refractivity (Wildman–Crippen MR) is 64.0 cm³/mol. The number of nitrogens with two attached hydrogens (primary N) is 1. The van der Waals surface area contributed by atoms with Crippen LogP contribution in [0, 0.1) is 0 Å². The summed E-state index contributed by atoms with van der Waals surface area (Å²) < 4.78 is 25.1. The van der Waals surface area contributed by atoms with Gasteiger partial charge in [0.2, 0.25) is 6.79 Å². The van der Waals surface area contributed by atoms with Crippen molar-refractivity contribution in [1.29, 1.82) is 0 Å². The van der Waals surface area contributed by atoms with Gasteiger partial charge in [0, 0.05) is 18.2 Å². The maximum absolute atomic E-state index is 12.8. The molecule has 0 unspecified atom stereocenters. The van der Waals surface area contributed by atoms with Crippen LogP contribution in [0.5, 0.6) is 11.5 Å². The summed E-state index contributed by atoms with van der Waals surface area (Å²) in [5, 5.41) is 4.08. The highest BCUT2D eigenvalue weighted by atomic mass is 19.1. The first-order valence-corrected chi connectivity index (χ1v) is 5.47. The number of anilines is 1. The van der Waals surface area contributed by atoms with Crippen molar-refractivity contribution in [1.82, 2.24) is 9.78 Å². The van der Waals surface area contributed by atoms with Gasteiger partial charge in [0.1, 0.15) is 12.5 Å². The number of hydrogen-bond acceptors (Lipinski definition) is 4. The zero-order valence-corrected chi connectivity index (χ0v) is 9.81. The molecule has 0 saturated heterocycles. The Kier molecular flexibility index (Phi) is 2.36. The lowest BCUT2D eigenvalue weighted by molar-refractivity contribution is 0.174. The van der Waals surface area contributed by atoms with Crippen LogP contribution >= 0.6 is 0 Å². The van der Waals surface area contributed by atoms with Crippen LogP contribution in [0.15, 0.2) is 18.3 Å². The van der Waals surface area contributed by atoms with E-state index in [1.807, 2.05) is 0 Å². The van der Waals surface area contributed by atoms with Gasteiger partial charge in [-0.05, 0) is 17.7 Å². The molecule has 1 aliphatic heterocycles. The smallest absolute Gasteiger partial charge is 0.231 e. The largest absolute Gasteiger partial charge is 0.454 e. The van der Waals surface area contributed by atoms with E-state index in [9.17, 15) is 4.39 Å². The van der Waals surface area contributed by atoms with Crippen LogP contribution in [0.25, 0.3) is 11.1 Å². The molecule has 2 N–H and O–H groups in total. The Bertz CT molecular complexity index is 610. The maximum Gasteiger partial charge on any atom is 0.231 e. The van der Waals surface area contributed by atoms with Crippen molar-refractivity contribution in [3.05, 3.63) is 23.9 Å². The van der Waals surface area contributed by atoms with Crippen LogP contribution in [0.2, 0.25) is 0 Å². The number of ether oxygens (including phenoxy) is 2. The molecule has 1 aromatic heterocycles.